The molecule has 1 aromatic heterocycles. The van der Waals surface area contributed by atoms with Gasteiger partial charge in [-0.3, -0.25) is 19.5 Å². The predicted octanol–water partition coefficient (Wildman–Crippen LogP) is 2.97. The number of pyridine rings is 1. The fraction of sp³-hybridized carbons (Fsp3) is 0.125. The van der Waals surface area contributed by atoms with Gasteiger partial charge in [0.25, 0.3) is 11.7 Å². The average molecular weight is 464 g/mol. The Morgan fingerprint density at radius 3 is 2.36 bits per heavy atom. The molecule has 1 atom stereocenters. The van der Waals surface area contributed by atoms with E-state index in [0.29, 0.717) is 11.1 Å². The van der Waals surface area contributed by atoms with E-state index in [-0.39, 0.29) is 21.9 Å². The number of benzene rings is 2. The third-order valence-electron chi connectivity index (χ3n) is 5.54. The lowest BCUT2D eigenvalue weighted by Gasteiger charge is -2.25. The summed E-state index contributed by atoms with van der Waals surface area (Å²) < 4.78 is 23.2. The first-order chi connectivity index (χ1) is 15.6. The number of aryl methyl sites for hydroxylation is 2. The number of amides is 1. The van der Waals surface area contributed by atoms with Crippen molar-refractivity contribution in [3.05, 3.63) is 94.8 Å². The lowest BCUT2D eigenvalue weighted by Crippen LogP contribution is -2.29. The maximum atomic E-state index is 13.2. The molecule has 0 aliphatic carbocycles. The van der Waals surface area contributed by atoms with E-state index in [2.05, 4.69) is 4.98 Å². The third-order valence-corrected chi connectivity index (χ3v) is 6.47. The van der Waals surface area contributed by atoms with Gasteiger partial charge < -0.3 is 5.11 Å². The van der Waals surface area contributed by atoms with Crippen molar-refractivity contribution >= 4 is 33.2 Å². The molecule has 0 bridgehead atoms. The number of anilines is 1. The van der Waals surface area contributed by atoms with Gasteiger partial charge in [0.05, 0.1) is 16.5 Å². The standard InChI is InChI=1S/C24H21N3O5S/c1-14-5-6-15(2)19(12-14)22(28)20-21(16-4-3-11-26-13-16)27(24(30)23(20)29)17-7-9-18(10-8-17)33(25,31)32/h3-13,21,28H,1-2H3,(H2,25,31,32)/b22-20+. The molecule has 33 heavy (non-hydrogen) atoms. The molecule has 8 nitrogen and oxygen atoms in total. The van der Waals surface area contributed by atoms with Crippen LogP contribution in [0.15, 0.2) is 77.5 Å². The smallest absolute Gasteiger partial charge is 0.300 e. The van der Waals surface area contributed by atoms with Crippen LogP contribution in [0.1, 0.15) is 28.3 Å². The van der Waals surface area contributed by atoms with Crippen molar-refractivity contribution in [3.63, 3.8) is 0 Å². The number of nitrogens with zero attached hydrogens (tertiary/aromatic N) is 2. The molecule has 1 amide bonds. The molecule has 1 aliphatic rings. The molecule has 9 heteroatoms. The number of ketones is 1. The largest absolute Gasteiger partial charge is 0.507 e. The van der Waals surface area contributed by atoms with Crippen LogP contribution in [0.25, 0.3) is 5.76 Å². The monoisotopic (exact) mass is 463 g/mol. The van der Waals surface area contributed by atoms with Gasteiger partial charge in [0, 0.05) is 23.6 Å². The Balaban J connectivity index is 1.94. The summed E-state index contributed by atoms with van der Waals surface area (Å²) in [6.45, 7) is 3.66. The number of carbonyl (C=O) groups is 2. The maximum absolute atomic E-state index is 13.2. The van der Waals surface area contributed by atoms with Crippen molar-refractivity contribution in [3.8, 4) is 0 Å². The van der Waals surface area contributed by atoms with Gasteiger partial charge in [-0.05, 0) is 61.4 Å². The summed E-state index contributed by atoms with van der Waals surface area (Å²) in [6, 6.07) is 13.2. The van der Waals surface area contributed by atoms with E-state index in [1.54, 1.807) is 31.3 Å². The number of aromatic nitrogens is 1. The van der Waals surface area contributed by atoms with Crippen LogP contribution < -0.4 is 10.0 Å². The number of sulfonamides is 1. The number of nitrogens with two attached hydrogens (primary N) is 1. The summed E-state index contributed by atoms with van der Waals surface area (Å²) in [5.41, 5.74) is 2.79. The van der Waals surface area contributed by atoms with Crippen LogP contribution in [0.5, 0.6) is 0 Å². The van der Waals surface area contributed by atoms with Crippen LogP contribution in [0.4, 0.5) is 5.69 Å². The molecule has 0 spiro atoms. The SMILES string of the molecule is Cc1ccc(C)c(/C(O)=C2\C(=O)C(=O)N(c3ccc(S(N)(=O)=O)cc3)C2c2cccnc2)c1. The van der Waals surface area contributed by atoms with E-state index in [9.17, 15) is 23.1 Å². The first-order valence-electron chi connectivity index (χ1n) is 10.0. The number of Topliss-reactive ketones (excluding diaryl/α,β-unsaturated/α-hetero) is 1. The van der Waals surface area contributed by atoms with Crippen molar-refractivity contribution in [1.29, 1.82) is 0 Å². The highest BCUT2D eigenvalue weighted by molar-refractivity contribution is 7.89. The summed E-state index contributed by atoms with van der Waals surface area (Å²) in [5, 5.41) is 16.4. The Labute approximate surface area is 191 Å². The van der Waals surface area contributed by atoms with Crippen LogP contribution >= 0.6 is 0 Å². The first kappa shape index (κ1) is 22.4. The number of primary sulfonamides is 1. The molecule has 0 saturated carbocycles. The van der Waals surface area contributed by atoms with Gasteiger partial charge in [0.2, 0.25) is 10.0 Å². The van der Waals surface area contributed by atoms with Crippen LogP contribution in [0, 0.1) is 13.8 Å². The molecule has 1 saturated heterocycles. The van der Waals surface area contributed by atoms with Crippen molar-refractivity contribution in [2.45, 2.75) is 24.8 Å². The molecule has 4 rings (SSSR count). The lowest BCUT2D eigenvalue weighted by molar-refractivity contribution is -0.132. The van der Waals surface area contributed by atoms with Gasteiger partial charge in [-0.25, -0.2) is 13.6 Å². The molecular weight excluding hydrogens is 442 g/mol. The van der Waals surface area contributed by atoms with E-state index < -0.39 is 27.8 Å². The minimum Gasteiger partial charge on any atom is -0.507 e. The second kappa shape index (κ2) is 8.27. The van der Waals surface area contributed by atoms with E-state index >= 15 is 0 Å². The molecule has 3 aromatic rings. The summed E-state index contributed by atoms with van der Waals surface area (Å²) in [6.07, 6.45) is 3.07. The van der Waals surface area contributed by atoms with Crippen molar-refractivity contribution in [2.75, 3.05) is 4.90 Å². The third kappa shape index (κ3) is 4.04. The Hall–Kier alpha value is -3.82. The number of hydrogen-bond acceptors (Lipinski definition) is 6. The number of carbonyl (C=O) groups excluding carboxylic acids is 2. The molecule has 0 radical (unpaired) electrons. The fourth-order valence-electron chi connectivity index (χ4n) is 3.88. The highest BCUT2D eigenvalue weighted by atomic mass is 32.2. The second-order valence-electron chi connectivity index (χ2n) is 7.81. The van der Waals surface area contributed by atoms with E-state index in [0.717, 1.165) is 11.1 Å². The fourth-order valence-corrected chi connectivity index (χ4v) is 4.40. The van der Waals surface area contributed by atoms with E-state index in [1.165, 1.54) is 35.4 Å². The van der Waals surface area contributed by atoms with Gasteiger partial charge in [-0.1, -0.05) is 23.8 Å². The number of rotatable bonds is 4. The quantitative estimate of drug-likeness (QED) is 0.347. The Morgan fingerprint density at radius 2 is 1.76 bits per heavy atom. The van der Waals surface area contributed by atoms with E-state index in [4.69, 9.17) is 5.14 Å². The first-order valence-corrected chi connectivity index (χ1v) is 11.6. The number of aliphatic hydroxyl groups is 1. The summed E-state index contributed by atoms with van der Waals surface area (Å²) in [5.74, 6) is -1.98. The molecule has 1 aliphatic heterocycles. The summed E-state index contributed by atoms with van der Waals surface area (Å²) in [7, 11) is -3.93. The predicted molar refractivity (Wildman–Crippen MR) is 123 cm³/mol. The van der Waals surface area contributed by atoms with Crippen LogP contribution in [-0.2, 0) is 19.6 Å². The highest BCUT2D eigenvalue weighted by Gasteiger charge is 2.47. The average Bonchev–Trinajstić information content (AvgIpc) is 3.05. The Bertz CT molecular complexity index is 1400. The number of hydrogen-bond donors (Lipinski definition) is 2. The van der Waals surface area contributed by atoms with Crippen molar-refractivity contribution in [2.24, 2.45) is 5.14 Å². The maximum Gasteiger partial charge on any atom is 0.300 e. The minimum absolute atomic E-state index is 0.0720. The van der Waals surface area contributed by atoms with Gasteiger partial charge in [-0.15, -0.1) is 0 Å². The zero-order chi connectivity index (χ0) is 23.9. The molecular formula is C24H21N3O5S. The Kier molecular flexibility index (Phi) is 5.61. The Morgan fingerprint density at radius 1 is 1.06 bits per heavy atom. The van der Waals surface area contributed by atoms with Gasteiger partial charge in [0.15, 0.2) is 0 Å². The van der Waals surface area contributed by atoms with Gasteiger partial charge >= 0.3 is 0 Å². The second-order valence-corrected chi connectivity index (χ2v) is 9.37. The highest BCUT2D eigenvalue weighted by Crippen LogP contribution is 2.42. The van der Waals surface area contributed by atoms with Gasteiger partial charge in [0.1, 0.15) is 5.76 Å². The summed E-state index contributed by atoms with van der Waals surface area (Å²) in [4.78, 5) is 31.5. The molecule has 2 aromatic carbocycles. The lowest BCUT2D eigenvalue weighted by atomic mass is 9.94. The van der Waals surface area contributed by atoms with Crippen molar-refractivity contribution < 1.29 is 23.1 Å². The topological polar surface area (TPSA) is 131 Å². The molecule has 1 fully saturated rings. The molecule has 168 valence electrons. The zero-order valence-electron chi connectivity index (χ0n) is 17.9. The molecule has 2 heterocycles. The van der Waals surface area contributed by atoms with Gasteiger partial charge in [-0.2, -0.15) is 0 Å². The van der Waals surface area contributed by atoms with Crippen LogP contribution in [0.2, 0.25) is 0 Å². The molecule has 3 N–H and O–H groups in total. The van der Waals surface area contributed by atoms with Crippen molar-refractivity contribution in [1.82, 2.24) is 4.98 Å². The summed E-state index contributed by atoms with van der Waals surface area (Å²) >= 11 is 0. The number of aliphatic hydroxyl groups excluding tert-OH is 1. The van der Waals surface area contributed by atoms with Crippen LogP contribution in [-0.4, -0.2) is 30.2 Å². The zero-order valence-corrected chi connectivity index (χ0v) is 18.7. The molecule has 1 unspecified atom stereocenters. The van der Waals surface area contributed by atoms with E-state index in [1.807, 2.05) is 19.1 Å². The minimum atomic E-state index is -3.93. The van der Waals surface area contributed by atoms with Crippen LogP contribution in [0.3, 0.4) is 0 Å². The normalized spacial score (nSPS) is 18.0.